The largest absolute Gasteiger partial charge is 0.353 e. The number of nitrogens with zero attached hydrogens (tertiary/aromatic N) is 2. The molecule has 0 bridgehead atoms. The van der Waals surface area contributed by atoms with Gasteiger partial charge in [-0.2, -0.15) is 0 Å². The summed E-state index contributed by atoms with van der Waals surface area (Å²) in [6.45, 7) is 4.07. The normalized spacial score (nSPS) is 20.3. The van der Waals surface area contributed by atoms with E-state index in [1.165, 1.54) is 16.7 Å². The van der Waals surface area contributed by atoms with Crippen molar-refractivity contribution in [2.75, 3.05) is 26.7 Å². The number of piperazine rings is 1. The van der Waals surface area contributed by atoms with Gasteiger partial charge in [0, 0.05) is 27.1 Å². The van der Waals surface area contributed by atoms with Crippen molar-refractivity contribution in [1.82, 2.24) is 15.1 Å². The Kier molecular flexibility index (Phi) is 3.87. The van der Waals surface area contributed by atoms with Gasteiger partial charge in [-0.15, -0.1) is 0 Å². The number of hydrogen-bond acceptors (Lipinski definition) is 3. The molecule has 6 nitrogen and oxygen atoms in total. The van der Waals surface area contributed by atoms with Crippen LogP contribution in [0.15, 0.2) is 0 Å². The highest BCUT2D eigenvalue weighted by molar-refractivity contribution is 5.90. The minimum atomic E-state index is -0.457. The minimum Gasteiger partial charge on any atom is -0.353 e. The molecule has 1 aliphatic heterocycles. The number of amides is 3. The van der Waals surface area contributed by atoms with Crippen LogP contribution in [0.4, 0.5) is 0 Å². The van der Waals surface area contributed by atoms with E-state index in [-0.39, 0.29) is 24.3 Å². The molecule has 1 unspecified atom stereocenters. The number of likely N-dealkylation sites (N-methyl/N-ethyl adjacent to an activating group) is 1. The highest BCUT2D eigenvalue weighted by Gasteiger charge is 2.29. The van der Waals surface area contributed by atoms with Gasteiger partial charge in [0.2, 0.25) is 17.7 Å². The predicted octanol–water partition coefficient (Wildman–Crippen LogP) is -1.19. The Morgan fingerprint density at radius 3 is 2.75 bits per heavy atom. The third kappa shape index (κ3) is 2.71. The summed E-state index contributed by atoms with van der Waals surface area (Å²) in [5.74, 6) is -0.507. The first-order valence-corrected chi connectivity index (χ1v) is 5.22. The van der Waals surface area contributed by atoms with Crippen LogP contribution in [0, 0.1) is 0 Å². The minimum absolute atomic E-state index is 0.0208. The van der Waals surface area contributed by atoms with E-state index >= 15 is 0 Å². The molecular formula is C10H17N3O3. The van der Waals surface area contributed by atoms with E-state index in [1.54, 1.807) is 14.0 Å². The molecule has 1 heterocycles. The zero-order chi connectivity index (χ0) is 12.3. The zero-order valence-corrected chi connectivity index (χ0v) is 9.82. The second-order valence-corrected chi connectivity index (χ2v) is 3.93. The first-order chi connectivity index (χ1) is 7.43. The van der Waals surface area contributed by atoms with Crippen molar-refractivity contribution in [1.29, 1.82) is 0 Å². The summed E-state index contributed by atoms with van der Waals surface area (Å²) in [4.78, 5) is 37.0. The van der Waals surface area contributed by atoms with Gasteiger partial charge in [0.15, 0.2) is 0 Å². The molecule has 1 fully saturated rings. The van der Waals surface area contributed by atoms with Crippen molar-refractivity contribution >= 4 is 17.7 Å². The number of hydrogen-bond donors (Lipinski definition) is 1. The molecule has 1 aliphatic rings. The fraction of sp³-hybridized carbons (Fsp3) is 0.700. The maximum atomic E-state index is 11.8. The van der Waals surface area contributed by atoms with Crippen LogP contribution in [0.3, 0.4) is 0 Å². The molecule has 1 atom stereocenters. The van der Waals surface area contributed by atoms with E-state index in [1.807, 2.05) is 0 Å². The van der Waals surface area contributed by atoms with Crippen molar-refractivity contribution in [3.63, 3.8) is 0 Å². The van der Waals surface area contributed by atoms with Crippen LogP contribution in [0.1, 0.15) is 13.8 Å². The van der Waals surface area contributed by atoms with E-state index in [0.29, 0.717) is 13.1 Å². The predicted molar refractivity (Wildman–Crippen MR) is 57.5 cm³/mol. The molecular weight excluding hydrogens is 210 g/mol. The summed E-state index contributed by atoms with van der Waals surface area (Å²) >= 11 is 0. The Morgan fingerprint density at radius 1 is 1.56 bits per heavy atom. The molecule has 0 aliphatic carbocycles. The molecule has 0 aromatic heterocycles. The van der Waals surface area contributed by atoms with E-state index in [4.69, 9.17) is 0 Å². The summed E-state index contributed by atoms with van der Waals surface area (Å²) in [7, 11) is 1.56. The third-order valence-electron chi connectivity index (χ3n) is 2.73. The quantitative estimate of drug-likeness (QED) is 0.645. The van der Waals surface area contributed by atoms with E-state index in [9.17, 15) is 14.4 Å². The number of carbonyl (C=O) groups is 3. The Balaban J connectivity index is 2.59. The summed E-state index contributed by atoms with van der Waals surface area (Å²) in [5.41, 5.74) is 0. The van der Waals surface area contributed by atoms with Gasteiger partial charge in [-0.1, -0.05) is 0 Å². The molecule has 90 valence electrons. The molecule has 1 N–H and O–H groups in total. The Bertz CT molecular complexity index is 316. The lowest BCUT2D eigenvalue weighted by molar-refractivity contribution is -0.145. The first kappa shape index (κ1) is 12.5. The molecule has 0 aromatic carbocycles. The van der Waals surface area contributed by atoms with Crippen molar-refractivity contribution < 1.29 is 14.4 Å². The number of carbonyl (C=O) groups excluding carboxylic acids is 3. The molecule has 0 aromatic rings. The maximum Gasteiger partial charge on any atom is 0.242 e. The summed E-state index contributed by atoms with van der Waals surface area (Å²) in [6, 6.07) is -0.457. The summed E-state index contributed by atoms with van der Waals surface area (Å²) < 4.78 is 0. The van der Waals surface area contributed by atoms with Crippen molar-refractivity contribution in [2.24, 2.45) is 0 Å². The number of rotatable bonds is 2. The molecule has 6 heteroatoms. The topological polar surface area (TPSA) is 69.7 Å². The maximum absolute atomic E-state index is 11.8. The van der Waals surface area contributed by atoms with Crippen molar-refractivity contribution in [3.05, 3.63) is 0 Å². The van der Waals surface area contributed by atoms with Gasteiger partial charge < -0.3 is 15.1 Å². The van der Waals surface area contributed by atoms with Gasteiger partial charge in [-0.25, -0.2) is 0 Å². The van der Waals surface area contributed by atoms with Crippen LogP contribution in [0.2, 0.25) is 0 Å². The molecule has 1 rings (SSSR count). The standard InChI is InChI=1S/C10H17N3O3/c1-7-10(16)11-4-5-13(7)9(15)6-12(3)8(2)14/h7H,4-6H2,1-3H3,(H,11,16). The Hall–Kier alpha value is -1.59. The summed E-state index contributed by atoms with van der Waals surface area (Å²) in [5, 5.41) is 2.68. The lowest BCUT2D eigenvalue weighted by atomic mass is 10.2. The molecule has 16 heavy (non-hydrogen) atoms. The van der Waals surface area contributed by atoms with Gasteiger partial charge in [-0.3, -0.25) is 14.4 Å². The van der Waals surface area contributed by atoms with Crippen LogP contribution in [-0.2, 0) is 14.4 Å². The smallest absolute Gasteiger partial charge is 0.242 e. The van der Waals surface area contributed by atoms with Gasteiger partial charge in [0.05, 0.1) is 6.54 Å². The average Bonchev–Trinajstić information content (AvgIpc) is 2.21. The lowest BCUT2D eigenvalue weighted by Crippen LogP contribution is -2.57. The second kappa shape index (κ2) is 4.96. The van der Waals surface area contributed by atoms with Crippen LogP contribution in [0.5, 0.6) is 0 Å². The SMILES string of the molecule is CC(=O)N(C)CC(=O)N1CCNC(=O)C1C. The van der Waals surface area contributed by atoms with Crippen molar-refractivity contribution in [2.45, 2.75) is 19.9 Å². The second-order valence-electron chi connectivity index (χ2n) is 3.93. The third-order valence-corrected chi connectivity index (χ3v) is 2.73. The fourth-order valence-electron chi connectivity index (χ4n) is 1.53. The van der Waals surface area contributed by atoms with Crippen LogP contribution >= 0.6 is 0 Å². The van der Waals surface area contributed by atoms with E-state index in [2.05, 4.69) is 5.32 Å². The molecule has 1 saturated heterocycles. The Morgan fingerprint density at radius 2 is 2.19 bits per heavy atom. The highest BCUT2D eigenvalue weighted by atomic mass is 16.2. The highest BCUT2D eigenvalue weighted by Crippen LogP contribution is 2.04. The molecule has 3 amide bonds. The lowest BCUT2D eigenvalue weighted by Gasteiger charge is -2.33. The molecule has 0 radical (unpaired) electrons. The van der Waals surface area contributed by atoms with Gasteiger partial charge in [-0.05, 0) is 6.92 Å². The summed E-state index contributed by atoms with van der Waals surface area (Å²) in [6.07, 6.45) is 0. The van der Waals surface area contributed by atoms with Gasteiger partial charge >= 0.3 is 0 Å². The van der Waals surface area contributed by atoms with Crippen LogP contribution in [-0.4, -0.2) is 60.2 Å². The molecule has 0 saturated carbocycles. The number of nitrogens with one attached hydrogen (secondary N) is 1. The monoisotopic (exact) mass is 227 g/mol. The van der Waals surface area contributed by atoms with Crippen molar-refractivity contribution in [3.8, 4) is 0 Å². The average molecular weight is 227 g/mol. The van der Waals surface area contributed by atoms with Gasteiger partial charge in [0.1, 0.15) is 6.04 Å². The molecule has 0 spiro atoms. The fourth-order valence-corrected chi connectivity index (χ4v) is 1.53. The Labute approximate surface area is 94.6 Å². The van der Waals surface area contributed by atoms with Crippen LogP contribution in [0.25, 0.3) is 0 Å². The first-order valence-electron chi connectivity index (χ1n) is 5.22. The van der Waals surface area contributed by atoms with Gasteiger partial charge in [0.25, 0.3) is 0 Å². The van der Waals surface area contributed by atoms with Crippen LogP contribution < -0.4 is 5.32 Å². The zero-order valence-electron chi connectivity index (χ0n) is 9.82. The van der Waals surface area contributed by atoms with E-state index in [0.717, 1.165) is 0 Å². The van der Waals surface area contributed by atoms with E-state index < -0.39 is 6.04 Å².